The highest BCUT2D eigenvalue weighted by Gasteiger charge is 2.21. The van der Waals surface area contributed by atoms with Crippen molar-refractivity contribution in [2.45, 2.75) is 58.8 Å². The molecule has 0 amide bonds. The first-order valence-corrected chi connectivity index (χ1v) is 7.48. The van der Waals surface area contributed by atoms with Crippen LogP contribution in [0.3, 0.4) is 0 Å². The quantitative estimate of drug-likeness (QED) is 0.657. The fourth-order valence-electron chi connectivity index (χ4n) is 2.06. The molecule has 0 aromatic heterocycles. The molecule has 0 atom stereocenters. The second kappa shape index (κ2) is 5.14. The van der Waals surface area contributed by atoms with Crippen molar-refractivity contribution >= 4 is 15.9 Å². The maximum Gasteiger partial charge on any atom is 0.00719 e. The molecule has 1 aromatic carbocycles. The van der Waals surface area contributed by atoms with E-state index in [0.717, 1.165) is 11.8 Å². The van der Waals surface area contributed by atoms with Gasteiger partial charge in [0.1, 0.15) is 0 Å². The molecule has 0 fully saturated rings. The zero-order valence-corrected chi connectivity index (χ0v) is 13.6. The zero-order valence-electron chi connectivity index (χ0n) is 12.0. The largest absolute Gasteiger partial charge is 0.0924 e. The maximum atomic E-state index is 3.55. The van der Waals surface area contributed by atoms with Gasteiger partial charge in [0.15, 0.2) is 0 Å². The van der Waals surface area contributed by atoms with Gasteiger partial charge in [0.05, 0.1) is 0 Å². The number of alkyl halides is 1. The van der Waals surface area contributed by atoms with E-state index in [9.17, 15) is 0 Å². The number of halogens is 1. The van der Waals surface area contributed by atoms with Gasteiger partial charge in [0.2, 0.25) is 0 Å². The van der Waals surface area contributed by atoms with Crippen molar-refractivity contribution in [1.82, 2.24) is 0 Å². The molecule has 1 heteroatoms. The fourth-order valence-corrected chi connectivity index (χ4v) is 2.49. The Labute approximate surface area is 115 Å². The van der Waals surface area contributed by atoms with Crippen molar-refractivity contribution < 1.29 is 0 Å². The zero-order chi connectivity index (χ0) is 13.3. The van der Waals surface area contributed by atoms with E-state index in [0.29, 0.717) is 0 Å². The van der Waals surface area contributed by atoms with Crippen LogP contribution >= 0.6 is 15.9 Å². The molecule has 0 bridgehead atoms. The lowest BCUT2D eigenvalue weighted by molar-refractivity contribution is 0.564. The van der Waals surface area contributed by atoms with E-state index in [1.54, 1.807) is 0 Å². The highest BCUT2D eigenvalue weighted by molar-refractivity contribution is 9.09. The molecule has 0 saturated heterocycles. The predicted molar refractivity (Wildman–Crippen MR) is 81.3 cm³/mol. The van der Waals surface area contributed by atoms with Gasteiger partial charge in [0.25, 0.3) is 0 Å². The van der Waals surface area contributed by atoms with Gasteiger partial charge in [-0.3, -0.25) is 0 Å². The number of hydrogen-bond donors (Lipinski definition) is 0. The molecular formula is C16H25Br. The first kappa shape index (κ1) is 14.8. The smallest absolute Gasteiger partial charge is 0.00719 e. The Morgan fingerprint density at radius 2 is 1.53 bits per heavy atom. The lowest BCUT2D eigenvalue weighted by Crippen LogP contribution is -2.18. The summed E-state index contributed by atoms with van der Waals surface area (Å²) in [6.07, 6.45) is 1.11. The molecule has 0 unspecified atom stereocenters. The summed E-state index contributed by atoms with van der Waals surface area (Å²) in [7, 11) is 0. The van der Waals surface area contributed by atoms with Gasteiger partial charge in [-0.2, -0.15) is 0 Å². The topological polar surface area (TPSA) is 0 Å². The summed E-state index contributed by atoms with van der Waals surface area (Å²) in [6, 6.07) is 6.99. The Balaban J connectivity index is 3.30. The van der Waals surface area contributed by atoms with Gasteiger partial charge in [-0.05, 0) is 33.9 Å². The van der Waals surface area contributed by atoms with Crippen LogP contribution in [0.5, 0.6) is 0 Å². The normalized spacial score (nSPS) is 12.9. The third kappa shape index (κ3) is 3.84. The lowest BCUT2D eigenvalue weighted by Gasteiger charge is -2.27. The molecule has 0 radical (unpaired) electrons. The van der Waals surface area contributed by atoms with E-state index in [2.05, 4.69) is 75.7 Å². The summed E-state index contributed by atoms with van der Waals surface area (Å²) < 4.78 is 0. The Kier molecular flexibility index (Phi) is 4.46. The summed E-state index contributed by atoms with van der Waals surface area (Å²) in [5, 5.41) is 1.03. The first-order valence-electron chi connectivity index (χ1n) is 6.36. The summed E-state index contributed by atoms with van der Waals surface area (Å²) >= 11 is 3.55. The Hall–Kier alpha value is -0.300. The van der Waals surface area contributed by atoms with Crippen molar-refractivity contribution in [1.29, 1.82) is 0 Å². The second-order valence-corrected chi connectivity index (χ2v) is 7.60. The van der Waals surface area contributed by atoms with Crippen molar-refractivity contribution in [3.63, 3.8) is 0 Å². The number of rotatable bonds is 2. The van der Waals surface area contributed by atoms with Gasteiger partial charge < -0.3 is 0 Å². The molecule has 0 saturated carbocycles. The van der Waals surface area contributed by atoms with Gasteiger partial charge in [-0.15, -0.1) is 0 Å². The minimum Gasteiger partial charge on any atom is -0.0924 e. The van der Waals surface area contributed by atoms with Crippen molar-refractivity contribution in [2.75, 3.05) is 5.33 Å². The Morgan fingerprint density at radius 3 is 1.94 bits per heavy atom. The van der Waals surface area contributed by atoms with E-state index in [-0.39, 0.29) is 10.8 Å². The van der Waals surface area contributed by atoms with Crippen LogP contribution in [0.15, 0.2) is 18.2 Å². The minimum absolute atomic E-state index is 0.221. The van der Waals surface area contributed by atoms with E-state index in [1.807, 2.05) is 0 Å². The molecule has 0 aliphatic heterocycles. The highest BCUT2D eigenvalue weighted by Crippen LogP contribution is 2.31. The van der Waals surface area contributed by atoms with E-state index in [4.69, 9.17) is 0 Å². The molecular weight excluding hydrogens is 272 g/mol. The average molecular weight is 297 g/mol. The van der Waals surface area contributed by atoms with Gasteiger partial charge in [-0.25, -0.2) is 0 Å². The monoisotopic (exact) mass is 296 g/mol. The highest BCUT2D eigenvalue weighted by atomic mass is 79.9. The first-order chi connectivity index (χ1) is 7.66. The van der Waals surface area contributed by atoms with Crippen LogP contribution < -0.4 is 0 Å². The van der Waals surface area contributed by atoms with Crippen LogP contribution in [0, 0.1) is 0 Å². The van der Waals surface area contributed by atoms with E-state index < -0.39 is 0 Å². The number of benzene rings is 1. The van der Waals surface area contributed by atoms with Crippen LogP contribution in [0.4, 0.5) is 0 Å². The maximum absolute atomic E-state index is 3.55. The summed E-state index contributed by atoms with van der Waals surface area (Å²) in [4.78, 5) is 0. The third-order valence-corrected chi connectivity index (χ3v) is 3.54. The molecule has 0 aliphatic carbocycles. The van der Waals surface area contributed by atoms with Crippen LogP contribution in [0.1, 0.15) is 58.2 Å². The standard InChI is InChI=1S/C16H25Br/c1-15(2,3)13-8-7-12(9-10-17)14(11-13)16(4,5)6/h7-8,11H,9-10H2,1-6H3. The van der Waals surface area contributed by atoms with Crippen molar-refractivity contribution in [3.8, 4) is 0 Å². The van der Waals surface area contributed by atoms with Crippen LogP contribution in [-0.2, 0) is 17.3 Å². The van der Waals surface area contributed by atoms with Gasteiger partial charge >= 0.3 is 0 Å². The Bertz CT molecular complexity index is 377. The third-order valence-electron chi connectivity index (χ3n) is 3.15. The number of aryl methyl sites for hydroxylation is 1. The van der Waals surface area contributed by atoms with Crippen molar-refractivity contribution in [3.05, 3.63) is 34.9 Å². The molecule has 1 rings (SSSR count). The molecule has 1 aromatic rings. The summed E-state index contributed by atoms with van der Waals surface area (Å²) in [5.41, 5.74) is 4.85. The Morgan fingerprint density at radius 1 is 0.941 bits per heavy atom. The average Bonchev–Trinajstić information content (AvgIpc) is 2.15. The molecule has 96 valence electrons. The molecule has 0 heterocycles. The molecule has 0 spiro atoms. The van der Waals surface area contributed by atoms with Gasteiger partial charge in [-0.1, -0.05) is 75.7 Å². The van der Waals surface area contributed by atoms with Crippen LogP contribution in [0.2, 0.25) is 0 Å². The predicted octanol–water partition coefficient (Wildman–Crippen LogP) is 5.22. The molecule has 0 nitrogen and oxygen atoms in total. The van der Waals surface area contributed by atoms with Crippen LogP contribution in [0.25, 0.3) is 0 Å². The lowest BCUT2D eigenvalue weighted by atomic mass is 9.78. The number of hydrogen-bond acceptors (Lipinski definition) is 0. The SMILES string of the molecule is CC(C)(C)c1ccc(CCBr)c(C(C)(C)C)c1. The minimum atomic E-state index is 0.221. The second-order valence-electron chi connectivity index (χ2n) is 6.81. The summed E-state index contributed by atoms with van der Waals surface area (Å²) in [5.74, 6) is 0. The van der Waals surface area contributed by atoms with E-state index >= 15 is 0 Å². The van der Waals surface area contributed by atoms with Crippen molar-refractivity contribution in [2.24, 2.45) is 0 Å². The summed E-state index contributed by atoms with van der Waals surface area (Å²) in [6.45, 7) is 13.7. The van der Waals surface area contributed by atoms with Crippen LogP contribution in [-0.4, -0.2) is 5.33 Å². The van der Waals surface area contributed by atoms with E-state index in [1.165, 1.54) is 16.7 Å². The molecule has 0 aliphatic rings. The molecule has 0 N–H and O–H groups in total. The molecule has 17 heavy (non-hydrogen) atoms. The van der Waals surface area contributed by atoms with Gasteiger partial charge in [0, 0.05) is 5.33 Å². The fraction of sp³-hybridized carbons (Fsp3) is 0.625.